The molecule has 0 amide bonds. The summed E-state index contributed by atoms with van der Waals surface area (Å²) in [5, 5.41) is -0.411. The standard InChI is InChI=1S/C8H9Cl3O/c1-8(2)4(3-5(9)10)6(12)7(8)11/h3-4,7H,1-2H3. The normalized spacial score (nSPS) is 32.6. The zero-order valence-electron chi connectivity index (χ0n) is 6.77. The summed E-state index contributed by atoms with van der Waals surface area (Å²) in [4.78, 5) is 11.2. The molecule has 2 atom stereocenters. The summed E-state index contributed by atoms with van der Waals surface area (Å²) in [5.41, 5.74) is -0.229. The minimum atomic E-state index is -0.411. The average Bonchev–Trinajstić information content (AvgIpc) is 1.98. The number of ketones is 1. The Morgan fingerprint density at radius 3 is 2.33 bits per heavy atom. The molecule has 1 rings (SSSR count). The average molecular weight is 228 g/mol. The fourth-order valence-electron chi connectivity index (χ4n) is 1.38. The Kier molecular flexibility index (Phi) is 2.77. The summed E-state index contributed by atoms with van der Waals surface area (Å²) in [5.74, 6) is -0.231. The molecule has 0 N–H and O–H groups in total. The first kappa shape index (κ1) is 10.4. The van der Waals surface area contributed by atoms with Crippen LogP contribution in [0.2, 0.25) is 0 Å². The number of alkyl halides is 1. The molecule has 1 nitrogen and oxygen atoms in total. The minimum absolute atomic E-state index is 0.000432. The van der Waals surface area contributed by atoms with Crippen LogP contribution in [-0.4, -0.2) is 11.2 Å². The molecule has 0 aromatic rings. The number of allylic oxidation sites excluding steroid dienone is 1. The van der Waals surface area contributed by atoms with E-state index in [1.54, 1.807) is 6.08 Å². The third-order valence-corrected chi connectivity index (χ3v) is 3.33. The molecule has 1 aliphatic rings. The minimum Gasteiger partial charge on any atom is -0.297 e. The molecule has 1 aliphatic carbocycles. The second-order valence-electron chi connectivity index (χ2n) is 3.52. The maximum atomic E-state index is 11.2. The van der Waals surface area contributed by atoms with Gasteiger partial charge >= 0.3 is 0 Å². The Morgan fingerprint density at radius 2 is 2.00 bits per heavy atom. The van der Waals surface area contributed by atoms with Crippen LogP contribution >= 0.6 is 34.8 Å². The van der Waals surface area contributed by atoms with Crippen molar-refractivity contribution in [2.45, 2.75) is 19.2 Å². The van der Waals surface area contributed by atoms with Crippen LogP contribution < -0.4 is 0 Å². The number of halogens is 3. The summed E-state index contributed by atoms with van der Waals surface area (Å²) in [6.45, 7) is 3.84. The number of hydrogen-bond donors (Lipinski definition) is 0. The number of carbonyl (C=O) groups is 1. The van der Waals surface area contributed by atoms with Crippen LogP contribution in [0.4, 0.5) is 0 Å². The number of Topliss-reactive ketones (excluding diaryl/α,β-unsaturated/α-hetero) is 1. The fourth-order valence-corrected chi connectivity index (χ4v) is 1.90. The molecule has 1 saturated carbocycles. The van der Waals surface area contributed by atoms with Gasteiger partial charge in [-0.2, -0.15) is 0 Å². The van der Waals surface area contributed by atoms with E-state index in [4.69, 9.17) is 34.8 Å². The van der Waals surface area contributed by atoms with Gasteiger partial charge in [0, 0.05) is 11.3 Å². The molecule has 0 aliphatic heterocycles. The molecule has 1 fully saturated rings. The van der Waals surface area contributed by atoms with Gasteiger partial charge in [0.05, 0.1) is 5.38 Å². The van der Waals surface area contributed by atoms with Gasteiger partial charge in [0.15, 0.2) is 5.78 Å². The molecule has 0 heterocycles. The number of carbonyl (C=O) groups excluding carboxylic acids is 1. The van der Waals surface area contributed by atoms with Gasteiger partial charge in [-0.1, -0.05) is 37.0 Å². The number of rotatable bonds is 1. The molecule has 68 valence electrons. The van der Waals surface area contributed by atoms with Crippen LogP contribution in [0, 0.1) is 11.3 Å². The largest absolute Gasteiger partial charge is 0.297 e. The van der Waals surface area contributed by atoms with Crippen molar-refractivity contribution in [3.63, 3.8) is 0 Å². The smallest absolute Gasteiger partial charge is 0.158 e. The van der Waals surface area contributed by atoms with E-state index in [1.165, 1.54) is 0 Å². The van der Waals surface area contributed by atoms with Crippen molar-refractivity contribution in [1.29, 1.82) is 0 Å². The maximum Gasteiger partial charge on any atom is 0.158 e. The van der Waals surface area contributed by atoms with Crippen molar-refractivity contribution in [3.8, 4) is 0 Å². The molecule has 0 saturated heterocycles. The SMILES string of the molecule is CC1(C)C(Cl)C(=O)C1C=C(Cl)Cl. The highest BCUT2D eigenvalue weighted by atomic mass is 35.5. The summed E-state index contributed by atoms with van der Waals surface area (Å²) in [7, 11) is 0. The van der Waals surface area contributed by atoms with Crippen molar-refractivity contribution in [2.75, 3.05) is 0 Å². The second kappa shape index (κ2) is 3.21. The topological polar surface area (TPSA) is 17.1 Å². The quantitative estimate of drug-likeness (QED) is 0.629. The summed E-state index contributed by atoms with van der Waals surface area (Å²) in [6, 6.07) is 0. The molecule has 2 unspecified atom stereocenters. The second-order valence-corrected chi connectivity index (χ2v) is 4.96. The van der Waals surface area contributed by atoms with Gasteiger partial charge in [-0.15, -0.1) is 11.6 Å². The molecular weight excluding hydrogens is 218 g/mol. The first-order valence-electron chi connectivity index (χ1n) is 3.58. The van der Waals surface area contributed by atoms with Gasteiger partial charge in [-0.25, -0.2) is 0 Å². The van der Waals surface area contributed by atoms with Gasteiger partial charge in [-0.05, 0) is 6.08 Å². The van der Waals surface area contributed by atoms with E-state index in [-0.39, 0.29) is 21.6 Å². The van der Waals surface area contributed by atoms with E-state index in [1.807, 2.05) is 13.8 Å². The lowest BCUT2D eigenvalue weighted by Crippen LogP contribution is -2.54. The lowest BCUT2D eigenvalue weighted by Gasteiger charge is -2.45. The van der Waals surface area contributed by atoms with Crippen molar-refractivity contribution in [2.24, 2.45) is 11.3 Å². The van der Waals surface area contributed by atoms with Crippen LogP contribution in [0.5, 0.6) is 0 Å². The zero-order chi connectivity index (χ0) is 9.52. The van der Waals surface area contributed by atoms with Crippen molar-refractivity contribution < 1.29 is 4.79 Å². The molecule has 0 aromatic carbocycles. The van der Waals surface area contributed by atoms with Crippen molar-refractivity contribution in [3.05, 3.63) is 10.6 Å². The van der Waals surface area contributed by atoms with E-state index >= 15 is 0 Å². The van der Waals surface area contributed by atoms with Gasteiger partial charge in [0.1, 0.15) is 4.49 Å². The predicted octanol–water partition coefficient (Wildman–Crippen LogP) is 3.14. The lowest BCUT2D eigenvalue weighted by molar-refractivity contribution is -0.135. The first-order chi connectivity index (χ1) is 5.37. The van der Waals surface area contributed by atoms with Crippen LogP contribution in [0.25, 0.3) is 0 Å². The third kappa shape index (κ3) is 1.50. The fraction of sp³-hybridized carbons (Fsp3) is 0.625. The van der Waals surface area contributed by atoms with Crippen molar-refractivity contribution >= 4 is 40.6 Å². The van der Waals surface area contributed by atoms with E-state index in [0.717, 1.165) is 0 Å². The zero-order valence-corrected chi connectivity index (χ0v) is 9.04. The van der Waals surface area contributed by atoms with Crippen LogP contribution in [0.3, 0.4) is 0 Å². The lowest BCUT2D eigenvalue weighted by atomic mass is 9.61. The van der Waals surface area contributed by atoms with Gasteiger partial charge in [0.25, 0.3) is 0 Å². The van der Waals surface area contributed by atoms with E-state index in [0.29, 0.717) is 0 Å². The number of hydrogen-bond acceptors (Lipinski definition) is 1. The molecule has 0 aromatic heterocycles. The van der Waals surface area contributed by atoms with E-state index in [9.17, 15) is 4.79 Å². The Labute approximate surface area is 86.7 Å². The molecular formula is C8H9Cl3O. The molecule has 12 heavy (non-hydrogen) atoms. The van der Waals surface area contributed by atoms with Gasteiger partial charge in [0.2, 0.25) is 0 Å². The molecule has 0 radical (unpaired) electrons. The predicted molar refractivity (Wildman–Crippen MR) is 51.7 cm³/mol. The summed E-state index contributed by atoms with van der Waals surface area (Å²) < 4.78 is 0.130. The van der Waals surface area contributed by atoms with Crippen LogP contribution in [-0.2, 0) is 4.79 Å². The van der Waals surface area contributed by atoms with Crippen LogP contribution in [0.15, 0.2) is 10.6 Å². The Morgan fingerprint density at radius 1 is 1.50 bits per heavy atom. The molecule has 0 spiro atoms. The first-order valence-corrected chi connectivity index (χ1v) is 4.77. The highest BCUT2D eigenvalue weighted by molar-refractivity contribution is 6.56. The molecule has 0 bridgehead atoms. The van der Waals surface area contributed by atoms with Crippen molar-refractivity contribution in [1.82, 2.24) is 0 Å². The Hall–Kier alpha value is 0.280. The van der Waals surface area contributed by atoms with Gasteiger partial charge in [-0.3, -0.25) is 4.79 Å². The summed E-state index contributed by atoms with van der Waals surface area (Å²) in [6.07, 6.45) is 1.55. The van der Waals surface area contributed by atoms with E-state index < -0.39 is 5.38 Å². The Balaban J connectivity index is 2.82. The highest BCUT2D eigenvalue weighted by Crippen LogP contribution is 2.48. The molecule has 4 heteroatoms. The monoisotopic (exact) mass is 226 g/mol. The van der Waals surface area contributed by atoms with Gasteiger partial charge < -0.3 is 0 Å². The Bertz CT molecular complexity index is 241. The summed E-state index contributed by atoms with van der Waals surface area (Å²) >= 11 is 16.7. The van der Waals surface area contributed by atoms with Crippen LogP contribution in [0.1, 0.15) is 13.8 Å². The highest BCUT2D eigenvalue weighted by Gasteiger charge is 2.54. The third-order valence-electron chi connectivity index (χ3n) is 2.30. The maximum absolute atomic E-state index is 11.2. The van der Waals surface area contributed by atoms with E-state index in [2.05, 4.69) is 0 Å².